The smallest absolute Gasteiger partial charge is 0.195 e. The Morgan fingerprint density at radius 2 is 1.74 bits per heavy atom. The first-order chi connectivity index (χ1) is 10.9. The van der Waals surface area contributed by atoms with Crippen LogP contribution in [0.4, 0.5) is 23.4 Å². The molecule has 3 rings (SSSR count). The highest BCUT2D eigenvalue weighted by Crippen LogP contribution is 2.36. The molecule has 0 amide bonds. The number of aromatic hydroxyl groups is 1. The molecule has 23 heavy (non-hydrogen) atoms. The van der Waals surface area contributed by atoms with E-state index in [9.17, 15) is 22.7 Å². The Labute approximate surface area is 128 Å². The van der Waals surface area contributed by atoms with Gasteiger partial charge in [-0.05, 0) is 23.8 Å². The average Bonchev–Trinajstić information content (AvgIpc) is 2.54. The van der Waals surface area contributed by atoms with Crippen molar-refractivity contribution < 1.29 is 22.7 Å². The molecule has 0 aliphatic heterocycles. The van der Waals surface area contributed by atoms with Gasteiger partial charge < -0.3 is 10.4 Å². The van der Waals surface area contributed by atoms with Gasteiger partial charge in [-0.15, -0.1) is 0 Å². The highest BCUT2D eigenvalue weighted by molar-refractivity contribution is 6.02. The van der Waals surface area contributed by atoms with E-state index in [4.69, 9.17) is 0 Å². The first-order valence-corrected chi connectivity index (χ1v) is 6.57. The van der Waals surface area contributed by atoms with Gasteiger partial charge in [0.05, 0.1) is 5.39 Å². The normalized spacial score (nSPS) is 11.0. The number of anilines is 1. The van der Waals surface area contributed by atoms with Crippen molar-refractivity contribution in [1.82, 2.24) is 4.98 Å². The van der Waals surface area contributed by atoms with Crippen LogP contribution >= 0.6 is 0 Å². The molecule has 0 bridgehead atoms. The quantitative estimate of drug-likeness (QED) is 0.549. The molecule has 1 heterocycles. The Balaban J connectivity index is 2.41. The molecule has 0 saturated carbocycles. The van der Waals surface area contributed by atoms with Crippen LogP contribution in [0.1, 0.15) is 0 Å². The van der Waals surface area contributed by atoms with Crippen molar-refractivity contribution >= 4 is 16.6 Å². The van der Waals surface area contributed by atoms with E-state index in [0.29, 0.717) is 0 Å². The van der Waals surface area contributed by atoms with Crippen LogP contribution in [-0.4, -0.2) is 17.1 Å². The molecular formula is C16H10F4N2O. The molecule has 0 aliphatic rings. The molecule has 7 heteroatoms. The summed E-state index contributed by atoms with van der Waals surface area (Å²) in [5, 5.41) is 11.6. The molecule has 0 aliphatic carbocycles. The molecule has 2 aromatic carbocycles. The minimum absolute atomic E-state index is 0.0272. The van der Waals surface area contributed by atoms with E-state index in [-0.39, 0.29) is 27.7 Å². The van der Waals surface area contributed by atoms with E-state index < -0.39 is 29.0 Å². The standard InChI is InChI=1S/C16H10F4N2O/c1-21-16-13-8(5-11(18)14(19)15(13)20)9(6-22-16)7-2-3-12(23)10(17)4-7/h2-6,23H,1H3,(H,21,22). The van der Waals surface area contributed by atoms with Crippen molar-refractivity contribution in [3.05, 3.63) is 53.7 Å². The summed E-state index contributed by atoms with van der Waals surface area (Å²) in [6.45, 7) is 0. The molecular weight excluding hydrogens is 312 g/mol. The summed E-state index contributed by atoms with van der Waals surface area (Å²) >= 11 is 0. The van der Waals surface area contributed by atoms with E-state index in [0.717, 1.165) is 18.2 Å². The van der Waals surface area contributed by atoms with Gasteiger partial charge in [0.2, 0.25) is 0 Å². The third-order valence-corrected chi connectivity index (χ3v) is 3.51. The minimum atomic E-state index is -1.61. The van der Waals surface area contributed by atoms with Gasteiger partial charge in [-0.2, -0.15) is 0 Å². The number of nitrogens with one attached hydrogen (secondary N) is 1. The number of pyridine rings is 1. The monoisotopic (exact) mass is 322 g/mol. The molecule has 0 spiro atoms. The van der Waals surface area contributed by atoms with Crippen LogP contribution in [0.25, 0.3) is 21.9 Å². The minimum Gasteiger partial charge on any atom is -0.505 e. The maximum absolute atomic E-state index is 14.1. The predicted molar refractivity (Wildman–Crippen MR) is 78.2 cm³/mol. The summed E-state index contributed by atoms with van der Waals surface area (Å²) in [7, 11) is 1.46. The lowest BCUT2D eigenvalue weighted by Crippen LogP contribution is -2.00. The zero-order chi connectivity index (χ0) is 16.7. The van der Waals surface area contributed by atoms with E-state index in [1.165, 1.54) is 19.3 Å². The van der Waals surface area contributed by atoms with Gasteiger partial charge in [-0.3, -0.25) is 0 Å². The number of halogens is 4. The summed E-state index contributed by atoms with van der Waals surface area (Å²) < 4.78 is 54.8. The highest BCUT2D eigenvalue weighted by atomic mass is 19.2. The van der Waals surface area contributed by atoms with Crippen molar-refractivity contribution in [3.8, 4) is 16.9 Å². The largest absolute Gasteiger partial charge is 0.505 e. The Kier molecular flexibility index (Phi) is 3.55. The first-order valence-electron chi connectivity index (χ1n) is 6.57. The van der Waals surface area contributed by atoms with Crippen molar-refractivity contribution in [2.45, 2.75) is 0 Å². The van der Waals surface area contributed by atoms with Crippen molar-refractivity contribution in [3.63, 3.8) is 0 Å². The molecule has 0 fully saturated rings. The third-order valence-electron chi connectivity index (χ3n) is 3.51. The summed E-state index contributed by atoms with van der Waals surface area (Å²) in [6, 6.07) is 4.31. The molecule has 1 aromatic heterocycles. The Morgan fingerprint density at radius 3 is 2.39 bits per heavy atom. The fourth-order valence-corrected chi connectivity index (χ4v) is 2.40. The maximum Gasteiger partial charge on any atom is 0.195 e. The Hall–Kier alpha value is -2.83. The number of fused-ring (bicyclic) bond motifs is 1. The van der Waals surface area contributed by atoms with Crippen LogP contribution < -0.4 is 5.32 Å². The molecule has 0 radical (unpaired) electrons. The number of aromatic nitrogens is 1. The Bertz CT molecular complexity index is 928. The van der Waals surface area contributed by atoms with Gasteiger partial charge in [-0.25, -0.2) is 22.5 Å². The average molecular weight is 322 g/mol. The van der Waals surface area contributed by atoms with Gasteiger partial charge in [0, 0.05) is 24.2 Å². The van der Waals surface area contributed by atoms with Crippen molar-refractivity contribution in [1.29, 1.82) is 0 Å². The number of phenolic OH excluding ortho intramolecular Hbond substituents is 1. The third kappa shape index (κ3) is 2.34. The molecule has 3 aromatic rings. The lowest BCUT2D eigenvalue weighted by atomic mass is 9.99. The first kappa shape index (κ1) is 15.1. The molecule has 3 nitrogen and oxygen atoms in total. The fourth-order valence-electron chi connectivity index (χ4n) is 2.40. The number of nitrogens with zero attached hydrogens (tertiary/aromatic N) is 1. The van der Waals surface area contributed by atoms with Gasteiger partial charge in [0.1, 0.15) is 5.82 Å². The van der Waals surface area contributed by atoms with E-state index in [1.54, 1.807) is 0 Å². The van der Waals surface area contributed by atoms with Crippen LogP contribution in [0.5, 0.6) is 5.75 Å². The molecule has 0 saturated heterocycles. The number of benzene rings is 2. The second-order valence-corrected chi connectivity index (χ2v) is 4.85. The zero-order valence-corrected chi connectivity index (χ0v) is 11.8. The van der Waals surface area contributed by atoms with Crippen LogP contribution in [0, 0.1) is 23.3 Å². The summed E-state index contributed by atoms with van der Waals surface area (Å²) in [4.78, 5) is 3.96. The fraction of sp³-hybridized carbons (Fsp3) is 0.0625. The van der Waals surface area contributed by atoms with E-state index in [1.807, 2.05) is 0 Å². The lowest BCUT2D eigenvalue weighted by Gasteiger charge is -2.12. The number of phenols is 1. The molecule has 0 atom stereocenters. The maximum atomic E-state index is 14.1. The second-order valence-electron chi connectivity index (χ2n) is 4.85. The molecule has 2 N–H and O–H groups in total. The molecule has 0 unspecified atom stereocenters. The topological polar surface area (TPSA) is 45.2 Å². The SMILES string of the molecule is CNc1ncc(-c2ccc(O)c(F)c2)c2cc(F)c(F)c(F)c12. The molecule has 118 valence electrons. The summed E-state index contributed by atoms with van der Waals surface area (Å²) in [5.41, 5.74) is 0.446. The van der Waals surface area contributed by atoms with Gasteiger partial charge >= 0.3 is 0 Å². The zero-order valence-electron chi connectivity index (χ0n) is 11.8. The van der Waals surface area contributed by atoms with Crippen molar-refractivity contribution in [2.24, 2.45) is 0 Å². The summed E-state index contributed by atoms with van der Waals surface area (Å²) in [6.07, 6.45) is 1.29. The van der Waals surface area contributed by atoms with Gasteiger partial charge in [0.25, 0.3) is 0 Å². The summed E-state index contributed by atoms with van der Waals surface area (Å²) in [5.74, 6) is -5.76. The van der Waals surface area contributed by atoms with E-state index in [2.05, 4.69) is 10.3 Å². The number of hydrogen-bond donors (Lipinski definition) is 2. The predicted octanol–water partition coefficient (Wildman–Crippen LogP) is 4.21. The van der Waals surface area contributed by atoms with Crippen molar-refractivity contribution in [2.75, 3.05) is 12.4 Å². The second kappa shape index (κ2) is 5.42. The van der Waals surface area contributed by atoms with Crippen LogP contribution in [-0.2, 0) is 0 Å². The number of hydrogen-bond acceptors (Lipinski definition) is 3. The number of rotatable bonds is 2. The van der Waals surface area contributed by atoms with Crippen LogP contribution in [0.15, 0.2) is 30.5 Å². The van der Waals surface area contributed by atoms with Crippen LogP contribution in [0.2, 0.25) is 0 Å². The Morgan fingerprint density at radius 1 is 1.00 bits per heavy atom. The van der Waals surface area contributed by atoms with Gasteiger partial charge in [0.15, 0.2) is 29.0 Å². The van der Waals surface area contributed by atoms with Gasteiger partial charge in [-0.1, -0.05) is 6.07 Å². The lowest BCUT2D eigenvalue weighted by molar-refractivity contribution is 0.432. The highest BCUT2D eigenvalue weighted by Gasteiger charge is 2.20. The van der Waals surface area contributed by atoms with E-state index >= 15 is 0 Å². The van der Waals surface area contributed by atoms with Crippen LogP contribution in [0.3, 0.4) is 0 Å².